The zero-order valence-electron chi connectivity index (χ0n) is 15.6. The highest BCUT2D eigenvalue weighted by molar-refractivity contribution is 7.13. The first-order chi connectivity index (χ1) is 12.0. The van der Waals surface area contributed by atoms with Crippen LogP contribution in [-0.2, 0) is 11.2 Å². The normalized spacial score (nSPS) is 16.0. The average Bonchev–Trinajstić information content (AvgIpc) is 2.95. The van der Waals surface area contributed by atoms with Crippen LogP contribution in [0.4, 0.5) is 0 Å². The molecule has 1 aliphatic rings. The molecule has 0 spiro atoms. The quantitative estimate of drug-likeness (QED) is 0.739. The van der Waals surface area contributed by atoms with Gasteiger partial charge in [-0.3, -0.25) is 14.5 Å². The Morgan fingerprint density at radius 3 is 2.60 bits per heavy atom. The van der Waals surface area contributed by atoms with Crippen molar-refractivity contribution >= 4 is 23.2 Å². The number of carbonyl (C=O) groups excluding carboxylic acids is 2. The van der Waals surface area contributed by atoms with E-state index in [4.69, 9.17) is 0 Å². The Morgan fingerprint density at radius 1 is 1.24 bits per heavy atom. The van der Waals surface area contributed by atoms with E-state index in [0.717, 1.165) is 67.3 Å². The third-order valence-corrected chi connectivity index (χ3v) is 5.59. The van der Waals surface area contributed by atoms with E-state index in [1.165, 1.54) is 11.3 Å². The van der Waals surface area contributed by atoms with Crippen molar-refractivity contribution in [3.63, 3.8) is 0 Å². The van der Waals surface area contributed by atoms with Crippen LogP contribution in [0.25, 0.3) is 0 Å². The molecule has 0 aliphatic carbocycles. The molecule has 2 amide bonds. The minimum absolute atomic E-state index is 0.00325. The molecule has 2 N–H and O–H groups in total. The second-order valence-electron chi connectivity index (χ2n) is 6.65. The van der Waals surface area contributed by atoms with Crippen LogP contribution in [0.15, 0.2) is 0 Å². The molecule has 6 nitrogen and oxygen atoms in total. The van der Waals surface area contributed by atoms with Gasteiger partial charge in [0.1, 0.15) is 4.88 Å². The van der Waals surface area contributed by atoms with E-state index < -0.39 is 0 Å². The molecule has 0 atom stereocenters. The Morgan fingerprint density at radius 2 is 1.96 bits per heavy atom. The maximum atomic E-state index is 12.5. The lowest BCUT2D eigenvalue weighted by Crippen LogP contribution is -2.47. The van der Waals surface area contributed by atoms with E-state index in [1.54, 1.807) is 0 Å². The molecule has 25 heavy (non-hydrogen) atoms. The highest BCUT2D eigenvalue weighted by atomic mass is 32.1. The number of piperidine rings is 1. The van der Waals surface area contributed by atoms with Gasteiger partial charge in [0.15, 0.2) is 0 Å². The second kappa shape index (κ2) is 9.87. The Balaban J connectivity index is 1.77. The molecule has 1 saturated heterocycles. The molecule has 2 rings (SSSR count). The predicted octanol–water partition coefficient (Wildman–Crippen LogP) is 2.12. The van der Waals surface area contributed by atoms with Gasteiger partial charge < -0.3 is 10.6 Å². The number of thiazole rings is 1. The monoisotopic (exact) mass is 366 g/mol. The smallest absolute Gasteiger partial charge is 0.263 e. The van der Waals surface area contributed by atoms with Gasteiger partial charge in [-0.15, -0.1) is 11.3 Å². The molecule has 0 unspecified atom stereocenters. The Kier molecular flexibility index (Phi) is 7.84. The molecule has 1 aromatic rings. The van der Waals surface area contributed by atoms with Crippen molar-refractivity contribution in [1.82, 2.24) is 20.5 Å². The SMILES string of the molecule is CCCNC(=O)CN1CCC(NC(=O)c2sc(CCC)nc2C)CC1. The van der Waals surface area contributed by atoms with Crippen molar-refractivity contribution in [3.05, 3.63) is 15.6 Å². The van der Waals surface area contributed by atoms with Crippen molar-refractivity contribution in [2.24, 2.45) is 0 Å². The zero-order chi connectivity index (χ0) is 18.2. The number of carbonyl (C=O) groups is 2. The minimum atomic E-state index is -0.00325. The van der Waals surface area contributed by atoms with Crippen LogP contribution in [0.1, 0.15) is 59.9 Å². The van der Waals surface area contributed by atoms with Crippen LogP contribution < -0.4 is 10.6 Å². The number of hydrogen-bond donors (Lipinski definition) is 2. The summed E-state index contributed by atoms with van der Waals surface area (Å²) >= 11 is 1.51. The lowest BCUT2D eigenvalue weighted by molar-refractivity contribution is -0.122. The fraction of sp³-hybridized carbons (Fsp3) is 0.722. The molecule has 1 fully saturated rings. The number of hydrogen-bond acceptors (Lipinski definition) is 5. The number of nitrogens with zero attached hydrogens (tertiary/aromatic N) is 2. The topological polar surface area (TPSA) is 74.3 Å². The van der Waals surface area contributed by atoms with Gasteiger partial charge in [-0.2, -0.15) is 0 Å². The summed E-state index contributed by atoms with van der Waals surface area (Å²) in [6.07, 6.45) is 4.69. The van der Waals surface area contributed by atoms with Crippen LogP contribution in [-0.4, -0.2) is 53.9 Å². The van der Waals surface area contributed by atoms with E-state index >= 15 is 0 Å². The third-order valence-electron chi connectivity index (χ3n) is 4.37. The zero-order valence-corrected chi connectivity index (χ0v) is 16.4. The van der Waals surface area contributed by atoms with Gasteiger partial charge >= 0.3 is 0 Å². The summed E-state index contributed by atoms with van der Waals surface area (Å²) in [5, 5.41) is 7.09. The van der Waals surface area contributed by atoms with Gasteiger partial charge in [-0.05, 0) is 39.0 Å². The third kappa shape index (κ3) is 6.08. The van der Waals surface area contributed by atoms with E-state index in [9.17, 15) is 9.59 Å². The summed E-state index contributed by atoms with van der Waals surface area (Å²) in [7, 11) is 0. The van der Waals surface area contributed by atoms with Crippen LogP contribution in [0.5, 0.6) is 0 Å². The summed E-state index contributed by atoms with van der Waals surface area (Å²) in [6, 6.07) is 0.179. The summed E-state index contributed by atoms with van der Waals surface area (Å²) in [4.78, 5) is 31.7. The summed E-state index contributed by atoms with van der Waals surface area (Å²) in [5.74, 6) is 0.0876. The maximum absolute atomic E-state index is 12.5. The second-order valence-corrected chi connectivity index (χ2v) is 7.73. The number of aromatic nitrogens is 1. The molecule has 0 bridgehead atoms. The number of likely N-dealkylation sites (tertiary alicyclic amines) is 1. The Labute approximate surface area is 154 Å². The van der Waals surface area contributed by atoms with Crippen molar-refractivity contribution in [3.8, 4) is 0 Å². The van der Waals surface area contributed by atoms with Crippen LogP contribution in [0, 0.1) is 6.92 Å². The fourth-order valence-corrected chi connectivity index (χ4v) is 4.06. The lowest BCUT2D eigenvalue weighted by Gasteiger charge is -2.31. The summed E-state index contributed by atoms with van der Waals surface area (Å²) < 4.78 is 0. The van der Waals surface area contributed by atoms with E-state index in [1.807, 2.05) is 13.8 Å². The van der Waals surface area contributed by atoms with Gasteiger partial charge in [0.2, 0.25) is 5.91 Å². The number of nitrogens with one attached hydrogen (secondary N) is 2. The Hall–Kier alpha value is -1.47. The summed E-state index contributed by atoms with van der Waals surface area (Å²) in [5.41, 5.74) is 0.830. The van der Waals surface area contributed by atoms with Gasteiger partial charge in [-0.1, -0.05) is 13.8 Å². The Bertz CT molecular complexity index is 580. The van der Waals surface area contributed by atoms with E-state index in [2.05, 4.69) is 27.4 Å². The molecule has 0 aromatic carbocycles. The van der Waals surface area contributed by atoms with Crippen molar-refractivity contribution < 1.29 is 9.59 Å². The van der Waals surface area contributed by atoms with Gasteiger partial charge in [0.05, 0.1) is 17.2 Å². The molecule has 7 heteroatoms. The predicted molar refractivity (Wildman–Crippen MR) is 101 cm³/mol. The summed E-state index contributed by atoms with van der Waals surface area (Å²) in [6.45, 7) is 8.94. The first kappa shape index (κ1) is 19.8. The molecule has 140 valence electrons. The molecule has 1 aliphatic heterocycles. The van der Waals surface area contributed by atoms with Crippen LogP contribution >= 0.6 is 11.3 Å². The largest absolute Gasteiger partial charge is 0.355 e. The molecule has 2 heterocycles. The van der Waals surface area contributed by atoms with Gasteiger partial charge in [0, 0.05) is 25.7 Å². The number of amides is 2. The lowest BCUT2D eigenvalue weighted by atomic mass is 10.0. The maximum Gasteiger partial charge on any atom is 0.263 e. The standard InChI is InChI=1S/C18H30N4O2S/c1-4-6-16-20-13(3)17(25-16)18(24)21-14-7-10-22(11-8-14)12-15(23)19-9-5-2/h14H,4-12H2,1-3H3,(H,19,23)(H,21,24). The number of aryl methyl sites for hydroxylation is 2. The molecular weight excluding hydrogens is 336 g/mol. The van der Waals surface area contributed by atoms with Gasteiger partial charge in [0.25, 0.3) is 5.91 Å². The van der Waals surface area contributed by atoms with Crippen molar-refractivity contribution in [1.29, 1.82) is 0 Å². The van der Waals surface area contributed by atoms with Crippen LogP contribution in [0.2, 0.25) is 0 Å². The molecule has 0 saturated carbocycles. The highest BCUT2D eigenvalue weighted by Gasteiger charge is 2.24. The first-order valence-corrected chi connectivity index (χ1v) is 10.1. The van der Waals surface area contributed by atoms with E-state index in [0.29, 0.717) is 6.54 Å². The van der Waals surface area contributed by atoms with E-state index in [-0.39, 0.29) is 17.9 Å². The van der Waals surface area contributed by atoms with Gasteiger partial charge in [-0.25, -0.2) is 4.98 Å². The average molecular weight is 367 g/mol. The van der Waals surface area contributed by atoms with Crippen LogP contribution in [0.3, 0.4) is 0 Å². The van der Waals surface area contributed by atoms with Crippen molar-refractivity contribution in [2.75, 3.05) is 26.2 Å². The highest BCUT2D eigenvalue weighted by Crippen LogP contribution is 2.20. The molecule has 1 aromatic heterocycles. The van der Waals surface area contributed by atoms with Crippen molar-refractivity contribution in [2.45, 2.75) is 58.9 Å². The molecule has 0 radical (unpaired) electrons. The molecular formula is C18H30N4O2S. The first-order valence-electron chi connectivity index (χ1n) is 9.29. The fourth-order valence-electron chi connectivity index (χ4n) is 2.99. The minimum Gasteiger partial charge on any atom is -0.355 e. The number of rotatable bonds is 8.